The van der Waals surface area contributed by atoms with Crippen molar-refractivity contribution in [1.29, 1.82) is 0 Å². The van der Waals surface area contributed by atoms with Crippen molar-refractivity contribution in [1.82, 2.24) is 16.3 Å². The summed E-state index contributed by atoms with van der Waals surface area (Å²) in [5.41, 5.74) is 10.9. The molecule has 6 heteroatoms. The highest BCUT2D eigenvalue weighted by Crippen LogP contribution is 2.30. The van der Waals surface area contributed by atoms with Crippen LogP contribution in [0.15, 0.2) is 65.8 Å². The molecule has 1 aliphatic heterocycles. The van der Waals surface area contributed by atoms with Gasteiger partial charge in [0.05, 0.1) is 12.6 Å². The first-order chi connectivity index (χ1) is 13.3. The van der Waals surface area contributed by atoms with Gasteiger partial charge in [0.15, 0.2) is 0 Å². The molecule has 140 valence electrons. The van der Waals surface area contributed by atoms with Crippen LogP contribution in [0.4, 0.5) is 0 Å². The number of nitrogens with zero attached hydrogens (tertiary/aromatic N) is 1. The summed E-state index contributed by atoms with van der Waals surface area (Å²) in [7, 11) is 0. The standard InChI is InChI=1S/C21H24N4O2/c1-2-27-20-13-7-6-12-17(20)18-15-19(24-23-18)21(26)25-22-14-8-11-16-9-4-3-5-10-16/h3-14,18-19,23-24H,2,15H2,1H3,(H,25,26)/b11-8+,22-14+. The van der Waals surface area contributed by atoms with Gasteiger partial charge < -0.3 is 4.74 Å². The average molecular weight is 364 g/mol. The van der Waals surface area contributed by atoms with Gasteiger partial charge in [0.2, 0.25) is 0 Å². The molecule has 2 aromatic rings. The van der Waals surface area contributed by atoms with Gasteiger partial charge >= 0.3 is 0 Å². The lowest BCUT2D eigenvalue weighted by atomic mass is 10.0. The number of hydrazine groups is 1. The molecule has 0 spiro atoms. The molecule has 1 amide bonds. The van der Waals surface area contributed by atoms with Crippen LogP contribution in [0, 0.1) is 0 Å². The van der Waals surface area contributed by atoms with Crippen LogP contribution >= 0.6 is 0 Å². The average Bonchev–Trinajstić information content (AvgIpc) is 3.19. The molecule has 0 aliphatic carbocycles. The van der Waals surface area contributed by atoms with E-state index >= 15 is 0 Å². The predicted molar refractivity (Wildman–Crippen MR) is 107 cm³/mol. The number of carbonyl (C=O) groups is 1. The third kappa shape index (κ3) is 5.26. The zero-order valence-corrected chi connectivity index (χ0v) is 15.3. The summed E-state index contributed by atoms with van der Waals surface area (Å²) < 4.78 is 5.67. The van der Waals surface area contributed by atoms with E-state index in [-0.39, 0.29) is 18.0 Å². The Labute approximate surface area is 159 Å². The molecule has 2 unspecified atom stereocenters. The fourth-order valence-corrected chi connectivity index (χ4v) is 2.93. The second kappa shape index (κ2) is 9.66. The van der Waals surface area contributed by atoms with Crippen molar-refractivity contribution in [3.8, 4) is 5.75 Å². The van der Waals surface area contributed by atoms with Gasteiger partial charge in [0.25, 0.3) is 5.91 Å². The van der Waals surface area contributed by atoms with E-state index in [9.17, 15) is 4.79 Å². The summed E-state index contributed by atoms with van der Waals surface area (Å²) in [6.07, 6.45) is 5.89. The minimum absolute atomic E-state index is 0.00505. The number of amides is 1. The van der Waals surface area contributed by atoms with Crippen molar-refractivity contribution in [3.63, 3.8) is 0 Å². The van der Waals surface area contributed by atoms with Gasteiger partial charge in [-0.3, -0.25) is 4.79 Å². The molecular weight excluding hydrogens is 340 g/mol. The normalized spacial score (nSPS) is 19.6. The number of ether oxygens (including phenoxy) is 1. The van der Waals surface area contributed by atoms with Gasteiger partial charge in [0.1, 0.15) is 11.8 Å². The first-order valence-corrected chi connectivity index (χ1v) is 9.05. The van der Waals surface area contributed by atoms with Crippen molar-refractivity contribution in [2.45, 2.75) is 25.4 Å². The molecule has 0 radical (unpaired) electrons. The van der Waals surface area contributed by atoms with Gasteiger partial charge in [-0.25, -0.2) is 16.3 Å². The van der Waals surface area contributed by atoms with E-state index in [0.29, 0.717) is 13.0 Å². The Morgan fingerprint density at radius 1 is 1.19 bits per heavy atom. The Balaban J connectivity index is 1.51. The maximum atomic E-state index is 12.3. The summed E-state index contributed by atoms with van der Waals surface area (Å²) in [4.78, 5) is 12.3. The quantitative estimate of drug-likeness (QED) is 0.522. The number of hydrogen-bond donors (Lipinski definition) is 3. The van der Waals surface area contributed by atoms with Crippen LogP contribution in [0.5, 0.6) is 5.75 Å². The molecule has 1 fully saturated rings. The molecule has 6 nitrogen and oxygen atoms in total. The minimum atomic E-state index is -0.361. The Morgan fingerprint density at radius 2 is 1.96 bits per heavy atom. The Morgan fingerprint density at radius 3 is 2.78 bits per heavy atom. The summed E-state index contributed by atoms with van der Waals surface area (Å²) in [6.45, 7) is 2.56. The van der Waals surface area contributed by atoms with Crippen molar-refractivity contribution in [2.75, 3.05) is 6.61 Å². The molecule has 3 N–H and O–H groups in total. The highest BCUT2D eigenvalue weighted by Gasteiger charge is 2.31. The molecule has 1 saturated heterocycles. The summed E-state index contributed by atoms with van der Waals surface area (Å²) in [5.74, 6) is 0.660. The monoisotopic (exact) mass is 364 g/mol. The predicted octanol–water partition coefficient (Wildman–Crippen LogP) is 2.81. The minimum Gasteiger partial charge on any atom is -0.494 e. The zero-order chi connectivity index (χ0) is 18.9. The van der Waals surface area contributed by atoms with Gasteiger partial charge in [-0.05, 0) is 31.1 Å². The third-order valence-electron chi connectivity index (χ3n) is 4.24. The molecule has 2 atom stereocenters. The lowest BCUT2D eigenvalue weighted by molar-refractivity contribution is -0.122. The molecule has 0 saturated carbocycles. The van der Waals surface area contributed by atoms with Crippen LogP contribution in [-0.4, -0.2) is 24.8 Å². The second-order valence-corrected chi connectivity index (χ2v) is 6.12. The van der Waals surface area contributed by atoms with Crippen LogP contribution in [0.1, 0.15) is 30.5 Å². The number of carbonyl (C=O) groups excluding carboxylic acids is 1. The molecular formula is C21H24N4O2. The van der Waals surface area contributed by atoms with E-state index in [0.717, 1.165) is 16.9 Å². The van der Waals surface area contributed by atoms with Gasteiger partial charge in [-0.15, -0.1) is 0 Å². The number of hydrazone groups is 1. The molecule has 2 aromatic carbocycles. The molecule has 1 heterocycles. The van der Waals surface area contributed by atoms with E-state index < -0.39 is 0 Å². The Bertz CT molecular complexity index is 805. The highest BCUT2D eigenvalue weighted by atomic mass is 16.5. The van der Waals surface area contributed by atoms with Crippen LogP contribution in [0.2, 0.25) is 0 Å². The number of nitrogens with one attached hydrogen (secondary N) is 3. The van der Waals surface area contributed by atoms with Crippen LogP contribution in [0.3, 0.4) is 0 Å². The second-order valence-electron chi connectivity index (χ2n) is 6.12. The molecule has 27 heavy (non-hydrogen) atoms. The van der Waals surface area contributed by atoms with Crippen molar-refractivity contribution in [2.24, 2.45) is 5.10 Å². The smallest absolute Gasteiger partial charge is 0.258 e. The maximum Gasteiger partial charge on any atom is 0.258 e. The topological polar surface area (TPSA) is 74.8 Å². The molecule has 1 aliphatic rings. The van der Waals surface area contributed by atoms with Gasteiger partial charge in [-0.2, -0.15) is 5.10 Å². The lowest BCUT2D eigenvalue weighted by Crippen LogP contribution is -2.41. The van der Waals surface area contributed by atoms with E-state index in [4.69, 9.17) is 4.74 Å². The number of benzene rings is 2. The maximum absolute atomic E-state index is 12.3. The highest BCUT2D eigenvalue weighted by molar-refractivity contribution is 5.84. The van der Waals surface area contributed by atoms with Crippen LogP contribution < -0.4 is 21.0 Å². The van der Waals surface area contributed by atoms with Crippen molar-refractivity contribution in [3.05, 3.63) is 71.8 Å². The summed E-state index contributed by atoms with van der Waals surface area (Å²) >= 11 is 0. The fraction of sp³-hybridized carbons (Fsp3) is 0.238. The van der Waals surface area contributed by atoms with Crippen molar-refractivity contribution >= 4 is 18.2 Å². The third-order valence-corrected chi connectivity index (χ3v) is 4.24. The largest absolute Gasteiger partial charge is 0.494 e. The number of hydrogen-bond acceptors (Lipinski definition) is 5. The summed E-state index contributed by atoms with van der Waals surface area (Å²) in [5, 5.41) is 3.97. The van der Waals surface area contributed by atoms with Gasteiger partial charge in [0, 0.05) is 11.8 Å². The Hall–Kier alpha value is -2.96. The SMILES string of the molecule is CCOc1ccccc1C1CC(C(=O)N/N=C/C=C/c2ccccc2)NN1. The van der Waals surface area contributed by atoms with Crippen LogP contribution in [-0.2, 0) is 4.79 Å². The molecule has 0 bridgehead atoms. The first-order valence-electron chi connectivity index (χ1n) is 9.05. The van der Waals surface area contributed by atoms with Crippen LogP contribution in [0.25, 0.3) is 6.08 Å². The van der Waals surface area contributed by atoms with Crippen molar-refractivity contribution < 1.29 is 9.53 Å². The number of allylic oxidation sites excluding steroid dienone is 1. The van der Waals surface area contributed by atoms with Gasteiger partial charge in [-0.1, -0.05) is 54.6 Å². The first kappa shape index (κ1) is 18.8. The fourth-order valence-electron chi connectivity index (χ4n) is 2.93. The van der Waals surface area contributed by atoms with E-state index in [1.807, 2.05) is 67.6 Å². The van der Waals surface area contributed by atoms with E-state index in [2.05, 4.69) is 21.4 Å². The number of rotatable bonds is 7. The molecule has 0 aromatic heterocycles. The molecule has 3 rings (SSSR count). The Kier molecular flexibility index (Phi) is 6.73. The number of para-hydroxylation sites is 1. The van der Waals surface area contributed by atoms with E-state index in [1.54, 1.807) is 12.3 Å². The zero-order valence-electron chi connectivity index (χ0n) is 15.3. The summed E-state index contributed by atoms with van der Waals surface area (Å²) in [6, 6.07) is 17.4. The lowest BCUT2D eigenvalue weighted by Gasteiger charge is -2.15. The van der Waals surface area contributed by atoms with E-state index in [1.165, 1.54) is 0 Å².